The van der Waals surface area contributed by atoms with E-state index in [2.05, 4.69) is 29.2 Å². The summed E-state index contributed by atoms with van der Waals surface area (Å²) in [5.74, 6) is -0.584. The molecule has 160 valence electrons. The number of hydrogen-bond donors (Lipinski definition) is 0. The molecule has 0 saturated heterocycles. The van der Waals surface area contributed by atoms with Crippen molar-refractivity contribution in [1.29, 1.82) is 0 Å². The first-order valence-corrected chi connectivity index (χ1v) is 10.7. The normalized spacial score (nSPS) is 11.8. The summed E-state index contributed by atoms with van der Waals surface area (Å²) < 4.78 is 5.05. The lowest BCUT2D eigenvalue weighted by molar-refractivity contribution is -0.146. The van der Waals surface area contributed by atoms with Gasteiger partial charge in [-0.25, -0.2) is 0 Å². The minimum Gasteiger partial charge on any atom is -0.466 e. The first-order chi connectivity index (χ1) is 15.2. The van der Waals surface area contributed by atoms with Crippen molar-refractivity contribution < 1.29 is 14.3 Å². The van der Waals surface area contributed by atoms with Crippen LogP contribution in [0.4, 0.5) is 0 Å². The van der Waals surface area contributed by atoms with Crippen LogP contribution in [0.5, 0.6) is 0 Å². The van der Waals surface area contributed by atoms with Crippen LogP contribution in [-0.2, 0) is 33.8 Å². The van der Waals surface area contributed by atoms with Crippen LogP contribution in [0.2, 0.25) is 0 Å². The van der Waals surface area contributed by atoms with Crippen LogP contribution in [0, 0.1) is 0 Å². The summed E-state index contributed by atoms with van der Waals surface area (Å²) in [6.45, 7) is 3.25. The number of hydrogen-bond acceptors (Lipinski definition) is 4. The molecule has 0 saturated carbocycles. The third kappa shape index (κ3) is 7.19. The molecule has 31 heavy (non-hydrogen) atoms. The van der Waals surface area contributed by atoms with Crippen molar-refractivity contribution in [2.24, 2.45) is 0 Å². The molecule has 0 heterocycles. The molecule has 3 aromatic rings. The van der Waals surface area contributed by atoms with Gasteiger partial charge in [-0.1, -0.05) is 91.0 Å². The van der Waals surface area contributed by atoms with E-state index in [4.69, 9.17) is 4.74 Å². The second-order valence-corrected chi connectivity index (χ2v) is 7.53. The van der Waals surface area contributed by atoms with Crippen molar-refractivity contribution in [3.63, 3.8) is 0 Å². The molecule has 4 nitrogen and oxygen atoms in total. The van der Waals surface area contributed by atoms with Crippen molar-refractivity contribution >= 4 is 11.8 Å². The van der Waals surface area contributed by atoms with E-state index in [0.717, 1.165) is 16.7 Å². The smallest absolute Gasteiger partial charge is 0.313 e. The second kappa shape index (κ2) is 11.8. The maximum atomic E-state index is 13.3. The van der Waals surface area contributed by atoms with E-state index in [0.29, 0.717) is 19.5 Å². The van der Waals surface area contributed by atoms with Crippen LogP contribution in [0.15, 0.2) is 91.0 Å². The van der Waals surface area contributed by atoms with E-state index in [1.807, 2.05) is 66.7 Å². The monoisotopic (exact) mass is 415 g/mol. The summed E-state index contributed by atoms with van der Waals surface area (Å²) in [5, 5.41) is 0. The Kier molecular flexibility index (Phi) is 8.56. The van der Waals surface area contributed by atoms with Gasteiger partial charge in [-0.3, -0.25) is 14.5 Å². The summed E-state index contributed by atoms with van der Waals surface area (Å²) in [6, 6.07) is 29.7. The molecule has 0 aliphatic rings. The predicted octanol–water partition coefficient (Wildman–Crippen LogP) is 4.82. The lowest BCUT2D eigenvalue weighted by Crippen LogP contribution is -2.43. The number of carbonyl (C=O) groups excluding carboxylic acids is 2. The number of nitrogens with zero attached hydrogens (tertiary/aromatic N) is 1. The zero-order valence-corrected chi connectivity index (χ0v) is 17.9. The molecule has 4 heteroatoms. The van der Waals surface area contributed by atoms with E-state index < -0.39 is 12.0 Å². The van der Waals surface area contributed by atoms with Crippen LogP contribution in [0.1, 0.15) is 30.0 Å². The number of esters is 1. The molecule has 3 aromatic carbocycles. The van der Waals surface area contributed by atoms with Gasteiger partial charge in [-0.15, -0.1) is 0 Å². The van der Waals surface area contributed by atoms with Gasteiger partial charge in [-0.2, -0.15) is 0 Å². The van der Waals surface area contributed by atoms with Gasteiger partial charge in [0.2, 0.25) is 0 Å². The van der Waals surface area contributed by atoms with E-state index in [1.165, 1.54) is 0 Å². The number of carbonyl (C=O) groups is 2. The number of ether oxygens (including phenoxy) is 1. The molecule has 0 aliphatic heterocycles. The van der Waals surface area contributed by atoms with Gasteiger partial charge >= 0.3 is 5.97 Å². The van der Waals surface area contributed by atoms with Crippen molar-refractivity contribution in [3.05, 3.63) is 108 Å². The van der Waals surface area contributed by atoms with Gasteiger partial charge in [0.15, 0.2) is 5.78 Å². The van der Waals surface area contributed by atoms with Gasteiger partial charge in [-0.05, 0) is 30.0 Å². The van der Waals surface area contributed by atoms with Crippen LogP contribution < -0.4 is 0 Å². The molecule has 0 aromatic heterocycles. The van der Waals surface area contributed by atoms with Gasteiger partial charge in [0.25, 0.3) is 0 Å². The van der Waals surface area contributed by atoms with E-state index in [1.54, 1.807) is 6.92 Å². The average molecular weight is 416 g/mol. The SMILES string of the molecule is CCOC(=O)CC(=O)[C@H](Cc1ccccc1)N(Cc1ccccc1)Cc1ccccc1. The Morgan fingerprint density at radius 2 is 1.19 bits per heavy atom. The van der Waals surface area contributed by atoms with Crippen molar-refractivity contribution in [3.8, 4) is 0 Å². The van der Waals surface area contributed by atoms with Gasteiger partial charge in [0.05, 0.1) is 12.6 Å². The lowest BCUT2D eigenvalue weighted by atomic mass is 9.97. The van der Waals surface area contributed by atoms with Gasteiger partial charge in [0.1, 0.15) is 6.42 Å². The molecule has 0 N–H and O–H groups in total. The molecule has 0 spiro atoms. The first-order valence-electron chi connectivity index (χ1n) is 10.7. The standard InChI is InChI=1S/C27H29NO3/c1-2-31-27(30)19-26(29)25(18-22-12-6-3-7-13-22)28(20-23-14-8-4-9-15-23)21-24-16-10-5-11-17-24/h3-17,25H,2,18-21H2,1H3/t25-/m0/s1. The molecule has 0 radical (unpaired) electrons. The number of Topliss-reactive ketones (excluding diaryl/α,β-unsaturated/α-hetero) is 1. The van der Waals surface area contributed by atoms with E-state index in [9.17, 15) is 9.59 Å². The Morgan fingerprint density at radius 1 is 0.742 bits per heavy atom. The fourth-order valence-electron chi connectivity index (χ4n) is 3.67. The highest BCUT2D eigenvalue weighted by atomic mass is 16.5. The zero-order valence-electron chi connectivity index (χ0n) is 17.9. The fraction of sp³-hybridized carbons (Fsp3) is 0.259. The van der Waals surface area contributed by atoms with Crippen LogP contribution in [-0.4, -0.2) is 29.3 Å². The highest BCUT2D eigenvalue weighted by Crippen LogP contribution is 2.19. The van der Waals surface area contributed by atoms with Crippen LogP contribution in [0.25, 0.3) is 0 Å². The highest BCUT2D eigenvalue weighted by Gasteiger charge is 2.28. The van der Waals surface area contributed by atoms with Crippen molar-refractivity contribution in [2.45, 2.75) is 38.9 Å². The molecule has 3 rings (SSSR count). The average Bonchev–Trinajstić information content (AvgIpc) is 2.79. The molecular formula is C27H29NO3. The maximum Gasteiger partial charge on any atom is 0.313 e. The van der Waals surface area contributed by atoms with Crippen molar-refractivity contribution in [2.75, 3.05) is 6.61 Å². The largest absolute Gasteiger partial charge is 0.466 e. The molecule has 0 unspecified atom stereocenters. The van der Waals surface area contributed by atoms with Crippen LogP contribution >= 0.6 is 0 Å². The van der Waals surface area contributed by atoms with E-state index >= 15 is 0 Å². The summed E-state index contributed by atoms with van der Waals surface area (Å²) in [4.78, 5) is 27.6. The number of ketones is 1. The Labute approximate surface area is 184 Å². The molecule has 0 amide bonds. The Balaban J connectivity index is 1.91. The first kappa shape index (κ1) is 22.4. The number of benzene rings is 3. The van der Waals surface area contributed by atoms with Crippen molar-refractivity contribution in [1.82, 2.24) is 4.90 Å². The Bertz CT molecular complexity index is 900. The minimum atomic E-state index is -0.468. The lowest BCUT2D eigenvalue weighted by Gasteiger charge is -2.31. The molecule has 0 bridgehead atoms. The summed E-state index contributed by atoms with van der Waals surface area (Å²) in [5.41, 5.74) is 3.32. The molecular weight excluding hydrogens is 386 g/mol. The third-order valence-corrected chi connectivity index (χ3v) is 5.17. The minimum absolute atomic E-state index is 0.117. The molecule has 1 atom stereocenters. The second-order valence-electron chi connectivity index (χ2n) is 7.53. The summed E-state index contributed by atoms with van der Waals surface area (Å²) in [7, 11) is 0. The Morgan fingerprint density at radius 3 is 1.65 bits per heavy atom. The van der Waals surface area contributed by atoms with Gasteiger partial charge in [0, 0.05) is 13.1 Å². The molecule has 0 fully saturated rings. The zero-order chi connectivity index (χ0) is 21.9. The van der Waals surface area contributed by atoms with Crippen LogP contribution in [0.3, 0.4) is 0 Å². The van der Waals surface area contributed by atoms with Gasteiger partial charge < -0.3 is 4.74 Å². The van der Waals surface area contributed by atoms with E-state index in [-0.39, 0.29) is 18.8 Å². The predicted molar refractivity (Wildman–Crippen MR) is 122 cm³/mol. The highest BCUT2D eigenvalue weighted by molar-refractivity contribution is 5.98. The Hall–Kier alpha value is -3.24. The maximum absolute atomic E-state index is 13.3. The fourth-order valence-corrected chi connectivity index (χ4v) is 3.67. The topological polar surface area (TPSA) is 46.6 Å². The summed E-state index contributed by atoms with van der Waals surface area (Å²) in [6.07, 6.45) is 0.324. The quantitative estimate of drug-likeness (QED) is 0.333. The summed E-state index contributed by atoms with van der Waals surface area (Å²) >= 11 is 0. The number of rotatable bonds is 11. The third-order valence-electron chi connectivity index (χ3n) is 5.17. The molecule has 0 aliphatic carbocycles.